The predicted molar refractivity (Wildman–Crippen MR) is 73.2 cm³/mol. The van der Waals surface area contributed by atoms with Gasteiger partial charge in [0.1, 0.15) is 0 Å². The van der Waals surface area contributed by atoms with E-state index < -0.39 is 0 Å². The molecule has 0 unspecified atom stereocenters. The summed E-state index contributed by atoms with van der Waals surface area (Å²) in [6, 6.07) is 7.50. The van der Waals surface area contributed by atoms with E-state index in [9.17, 15) is 4.79 Å². The van der Waals surface area contributed by atoms with E-state index >= 15 is 0 Å². The van der Waals surface area contributed by atoms with Crippen molar-refractivity contribution in [2.75, 3.05) is 6.54 Å². The highest BCUT2D eigenvalue weighted by atomic mass is 16.1. The van der Waals surface area contributed by atoms with E-state index in [0.29, 0.717) is 17.5 Å². The number of carbonyl (C=O) groups excluding carboxylic acids is 1. The van der Waals surface area contributed by atoms with Crippen molar-refractivity contribution in [3.63, 3.8) is 0 Å². The van der Waals surface area contributed by atoms with Gasteiger partial charge in [-0.15, -0.1) is 0 Å². The molecule has 0 aliphatic heterocycles. The molecule has 1 saturated carbocycles. The molecular formula is C15H22N2O. The first-order chi connectivity index (χ1) is 8.63. The lowest BCUT2D eigenvalue weighted by Gasteiger charge is -2.23. The van der Waals surface area contributed by atoms with E-state index in [1.165, 1.54) is 25.7 Å². The molecule has 18 heavy (non-hydrogen) atoms. The van der Waals surface area contributed by atoms with Crippen molar-refractivity contribution in [2.45, 2.75) is 39.2 Å². The van der Waals surface area contributed by atoms with Crippen molar-refractivity contribution < 1.29 is 4.79 Å². The molecule has 0 aromatic heterocycles. The Bertz CT molecular complexity index is 405. The molecule has 0 bridgehead atoms. The summed E-state index contributed by atoms with van der Waals surface area (Å²) < 4.78 is 0. The van der Waals surface area contributed by atoms with E-state index in [4.69, 9.17) is 5.73 Å². The van der Waals surface area contributed by atoms with Gasteiger partial charge in [-0.2, -0.15) is 0 Å². The van der Waals surface area contributed by atoms with Gasteiger partial charge in [-0.3, -0.25) is 4.79 Å². The number of benzene rings is 1. The van der Waals surface area contributed by atoms with Gasteiger partial charge >= 0.3 is 0 Å². The van der Waals surface area contributed by atoms with Gasteiger partial charge in [-0.1, -0.05) is 31.9 Å². The van der Waals surface area contributed by atoms with Crippen LogP contribution in [0.4, 0.5) is 0 Å². The highest BCUT2D eigenvalue weighted by Crippen LogP contribution is 2.36. The number of nitrogens with one attached hydrogen (secondary N) is 1. The van der Waals surface area contributed by atoms with Crippen LogP contribution in [0.15, 0.2) is 24.3 Å². The first-order valence-electron chi connectivity index (χ1n) is 6.70. The number of rotatable bonds is 4. The smallest absolute Gasteiger partial charge is 0.251 e. The highest BCUT2D eigenvalue weighted by molar-refractivity contribution is 5.94. The fourth-order valence-electron chi connectivity index (χ4n) is 2.59. The van der Waals surface area contributed by atoms with Crippen LogP contribution in [0.3, 0.4) is 0 Å². The summed E-state index contributed by atoms with van der Waals surface area (Å²) in [6.45, 7) is 3.56. The Hall–Kier alpha value is -1.35. The summed E-state index contributed by atoms with van der Waals surface area (Å²) in [5.41, 5.74) is 7.60. The maximum absolute atomic E-state index is 12.0. The number of carbonyl (C=O) groups is 1. The quantitative estimate of drug-likeness (QED) is 0.857. The van der Waals surface area contributed by atoms with E-state index in [1.807, 2.05) is 24.3 Å². The average molecular weight is 246 g/mol. The summed E-state index contributed by atoms with van der Waals surface area (Å²) in [5, 5.41) is 3.05. The molecule has 98 valence electrons. The van der Waals surface area contributed by atoms with Gasteiger partial charge in [0.15, 0.2) is 0 Å². The van der Waals surface area contributed by atoms with Crippen LogP contribution in [0.1, 0.15) is 48.5 Å². The minimum Gasteiger partial charge on any atom is -0.351 e. The molecule has 1 aromatic rings. The first-order valence-corrected chi connectivity index (χ1v) is 6.70. The summed E-state index contributed by atoms with van der Waals surface area (Å²) in [6.07, 6.45) is 5.02. The molecule has 2 rings (SSSR count). The Morgan fingerprint density at radius 3 is 2.44 bits per heavy atom. The Labute approximate surface area is 109 Å². The van der Waals surface area contributed by atoms with Crippen molar-refractivity contribution in [1.82, 2.24) is 5.32 Å². The minimum atomic E-state index is 0.0201. The normalized spacial score (nSPS) is 17.7. The molecule has 0 spiro atoms. The van der Waals surface area contributed by atoms with Crippen molar-refractivity contribution >= 4 is 5.91 Å². The Balaban J connectivity index is 1.90. The van der Waals surface area contributed by atoms with Gasteiger partial charge < -0.3 is 11.1 Å². The highest BCUT2D eigenvalue weighted by Gasteiger charge is 2.28. The average Bonchev–Trinajstić information content (AvgIpc) is 2.83. The monoisotopic (exact) mass is 246 g/mol. The third-order valence-corrected chi connectivity index (χ3v) is 3.94. The van der Waals surface area contributed by atoms with Gasteiger partial charge in [0.05, 0.1) is 0 Å². The molecule has 1 aliphatic rings. The lowest BCUT2D eigenvalue weighted by Crippen LogP contribution is -2.34. The third-order valence-electron chi connectivity index (χ3n) is 3.94. The van der Waals surface area contributed by atoms with Crippen molar-refractivity contribution in [2.24, 2.45) is 11.1 Å². The number of hydrogen-bond acceptors (Lipinski definition) is 2. The SMILES string of the molecule is CC1(CNC(=O)c2ccc(CN)cc2)CCCC1. The zero-order chi connectivity index (χ0) is 13.0. The number of hydrogen-bond donors (Lipinski definition) is 2. The zero-order valence-electron chi connectivity index (χ0n) is 11.0. The van der Waals surface area contributed by atoms with Crippen molar-refractivity contribution in [1.29, 1.82) is 0 Å². The maximum Gasteiger partial charge on any atom is 0.251 e. The first kappa shape index (κ1) is 13.1. The van der Waals surface area contributed by atoms with E-state index in [2.05, 4.69) is 12.2 Å². The number of nitrogens with two attached hydrogens (primary N) is 1. The molecule has 0 atom stereocenters. The molecule has 1 aromatic carbocycles. The van der Waals surface area contributed by atoms with Gasteiger partial charge in [0.2, 0.25) is 0 Å². The maximum atomic E-state index is 12.0. The second-order valence-electron chi connectivity index (χ2n) is 5.60. The summed E-state index contributed by atoms with van der Waals surface area (Å²) >= 11 is 0. The van der Waals surface area contributed by atoms with Gasteiger partial charge in [-0.05, 0) is 36.0 Å². The second-order valence-corrected chi connectivity index (χ2v) is 5.60. The van der Waals surface area contributed by atoms with Crippen molar-refractivity contribution in [3.8, 4) is 0 Å². The van der Waals surface area contributed by atoms with Crippen LogP contribution in [-0.2, 0) is 6.54 Å². The second kappa shape index (κ2) is 5.53. The Morgan fingerprint density at radius 1 is 1.28 bits per heavy atom. The lowest BCUT2D eigenvalue weighted by atomic mass is 9.89. The molecule has 3 nitrogen and oxygen atoms in total. The fourth-order valence-corrected chi connectivity index (χ4v) is 2.59. The van der Waals surface area contributed by atoms with Gasteiger partial charge in [0.25, 0.3) is 5.91 Å². The molecule has 0 heterocycles. The summed E-state index contributed by atoms with van der Waals surface area (Å²) in [7, 11) is 0. The molecule has 1 amide bonds. The van der Waals surface area contributed by atoms with Crippen LogP contribution < -0.4 is 11.1 Å². The molecule has 3 N–H and O–H groups in total. The van der Waals surface area contributed by atoms with Crippen molar-refractivity contribution in [3.05, 3.63) is 35.4 Å². The molecule has 3 heteroatoms. The Morgan fingerprint density at radius 2 is 1.89 bits per heavy atom. The van der Waals surface area contributed by atoms with Crippen LogP contribution in [-0.4, -0.2) is 12.5 Å². The molecule has 0 radical (unpaired) electrons. The zero-order valence-corrected chi connectivity index (χ0v) is 11.0. The third kappa shape index (κ3) is 3.10. The lowest BCUT2D eigenvalue weighted by molar-refractivity contribution is 0.0934. The van der Waals surface area contributed by atoms with Gasteiger partial charge in [-0.25, -0.2) is 0 Å². The standard InChI is InChI=1S/C15H22N2O/c1-15(8-2-3-9-15)11-17-14(18)13-6-4-12(10-16)5-7-13/h4-7H,2-3,8-11,16H2,1H3,(H,17,18). The van der Waals surface area contributed by atoms with Gasteiger partial charge in [0, 0.05) is 18.7 Å². The molecule has 1 aliphatic carbocycles. The van der Waals surface area contributed by atoms with Crippen LogP contribution in [0.5, 0.6) is 0 Å². The van der Waals surface area contributed by atoms with Crippen LogP contribution in [0.25, 0.3) is 0 Å². The molecular weight excluding hydrogens is 224 g/mol. The van der Waals surface area contributed by atoms with E-state index in [-0.39, 0.29) is 5.91 Å². The summed E-state index contributed by atoms with van der Waals surface area (Å²) in [4.78, 5) is 12.0. The predicted octanol–water partition coefficient (Wildman–Crippen LogP) is 2.46. The topological polar surface area (TPSA) is 55.1 Å². The van der Waals surface area contributed by atoms with Crippen LogP contribution in [0.2, 0.25) is 0 Å². The number of amides is 1. The largest absolute Gasteiger partial charge is 0.351 e. The minimum absolute atomic E-state index is 0.0201. The fraction of sp³-hybridized carbons (Fsp3) is 0.533. The molecule has 0 saturated heterocycles. The van der Waals surface area contributed by atoms with E-state index in [0.717, 1.165) is 12.1 Å². The summed E-state index contributed by atoms with van der Waals surface area (Å²) in [5.74, 6) is 0.0201. The molecule has 1 fully saturated rings. The van der Waals surface area contributed by atoms with E-state index in [1.54, 1.807) is 0 Å². The van der Waals surface area contributed by atoms with Crippen LogP contribution >= 0.6 is 0 Å². The van der Waals surface area contributed by atoms with Crippen LogP contribution in [0, 0.1) is 5.41 Å². The Kier molecular flexibility index (Phi) is 4.02.